The molecule has 19 heavy (non-hydrogen) atoms. The van der Waals surface area contributed by atoms with Gasteiger partial charge in [0.05, 0.1) is 6.20 Å². The van der Waals surface area contributed by atoms with Gasteiger partial charge in [0.25, 0.3) is 0 Å². The summed E-state index contributed by atoms with van der Waals surface area (Å²) in [6.45, 7) is 6.54. The molecule has 0 aliphatic carbocycles. The number of hydrogen-bond acceptors (Lipinski definition) is 3. The van der Waals surface area contributed by atoms with E-state index in [2.05, 4.69) is 36.8 Å². The van der Waals surface area contributed by atoms with Gasteiger partial charge in [0.1, 0.15) is 11.5 Å². The van der Waals surface area contributed by atoms with Gasteiger partial charge in [-0.15, -0.1) is 0 Å². The van der Waals surface area contributed by atoms with E-state index in [4.69, 9.17) is 4.74 Å². The molecule has 3 nitrogen and oxygen atoms in total. The number of fused-ring (bicyclic) bond motifs is 2. The highest BCUT2D eigenvalue weighted by atomic mass is 16.5. The van der Waals surface area contributed by atoms with Gasteiger partial charge in [-0.3, -0.25) is 9.97 Å². The topological polar surface area (TPSA) is 35.0 Å². The molecule has 0 spiro atoms. The van der Waals surface area contributed by atoms with Crippen molar-refractivity contribution in [2.24, 2.45) is 0 Å². The lowest BCUT2D eigenvalue weighted by Gasteiger charge is -2.19. The van der Waals surface area contributed by atoms with Gasteiger partial charge in [0.15, 0.2) is 0 Å². The third-order valence-electron chi connectivity index (χ3n) is 3.46. The SMILES string of the molecule is CC(C)(C)c1cc2c(cn1)Oc1ccncc1CC2. The van der Waals surface area contributed by atoms with Crippen LogP contribution in [0.4, 0.5) is 0 Å². The summed E-state index contributed by atoms with van der Waals surface area (Å²) in [6.07, 6.45) is 7.44. The Balaban J connectivity index is 2.02. The molecule has 0 amide bonds. The molecule has 0 bridgehead atoms. The number of aromatic nitrogens is 2. The summed E-state index contributed by atoms with van der Waals surface area (Å²) >= 11 is 0. The highest BCUT2D eigenvalue weighted by molar-refractivity contribution is 5.43. The molecule has 0 atom stereocenters. The number of aryl methyl sites for hydroxylation is 2. The van der Waals surface area contributed by atoms with Gasteiger partial charge in [-0.2, -0.15) is 0 Å². The Bertz CT molecular complexity index is 614. The average molecular weight is 254 g/mol. The van der Waals surface area contributed by atoms with Crippen LogP contribution in [0.3, 0.4) is 0 Å². The fourth-order valence-corrected chi connectivity index (χ4v) is 2.27. The molecule has 98 valence electrons. The van der Waals surface area contributed by atoms with Crippen molar-refractivity contribution in [2.45, 2.75) is 39.0 Å². The summed E-state index contributed by atoms with van der Waals surface area (Å²) in [5, 5.41) is 0. The summed E-state index contributed by atoms with van der Waals surface area (Å²) in [4.78, 5) is 8.70. The van der Waals surface area contributed by atoms with Crippen molar-refractivity contribution in [3.05, 3.63) is 47.5 Å². The first kappa shape index (κ1) is 12.2. The molecule has 0 unspecified atom stereocenters. The van der Waals surface area contributed by atoms with Crippen LogP contribution in [0, 0.1) is 0 Å². The van der Waals surface area contributed by atoms with Crippen LogP contribution in [0.25, 0.3) is 0 Å². The largest absolute Gasteiger partial charge is 0.455 e. The molecular weight excluding hydrogens is 236 g/mol. The first-order valence-electron chi connectivity index (χ1n) is 6.64. The second-order valence-corrected chi connectivity index (χ2v) is 6.01. The van der Waals surface area contributed by atoms with Gasteiger partial charge in [-0.25, -0.2) is 0 Å². The minimum absolute atomic E-state index is 0.0652. The standard InChI is InChI=1S/C16H18N2O/c1-16(2,3)15-8-11-4-5-12-9-17-7-6-13(12)19-14(11)10-18-15/h6-10H,4-5H2,1-3H3. The Morgan fingerprint density at radius 2 is 1.84 bits per heavy atom. The first-order valence-corrected chi connectivity index (χ1v) is 6.64. The van der Waals surface area contributed by atoms with E-state index in [1.807, 2.05) is 18.5 Å². The maximum Gasteiger partial charge on any atom is 0.148 e. The fraction of sp³-hybridized carbons (Fsp3) is 0.375. The molecule has 3 rings (SSSR count). The van der Waals surface area contributed by atoms with E-state index >= 15 is 0 Å². The molecule has 2 aromatic rings. The third-order valence-corrected chi connectivity index (χ3v) is 3.46. The third kappa shape index (κ3) is 2.33. The smallest absolute Gasteiger partial charge is 0.148 e. The molecule has 0 saturated heterocycles. The number of pyridine rings is 2. The van der Waals surface area contributed by atoms with Gasteiger partial charge < -0.3 is 4.74 Å². The van der Waals surface area contributed by atoms with E-state index < -0.39 is 0 Å². The molecule has 2 aromatic heterocycles. The number of hydrogen-bond donors (Lipinski definition) is 0. The number of ether oxygens (including phenoxy) is 1. The van der Waals surface area contributed by atoms with E-state index in [-0.39, 0.29) is 5.41 Å². The van der Waals surface area contributed by atoms with E-state index in [9.17, 15) is 0 Å². The molecule has 0 radical (unpaired) electrons. The zero-order valence-electron chi connectivity index (χ0n) is 11.6. The molecule has 0 N–H and O–H groups in total. The first-order chi connectivity index (χ1) is 9.04. The lowest BCUT2D eigenvalue weighted by molar-refractivity contribution is 0.472. The van der Waals surface area contributed by atoms with Crippen LogP contribution < -0.4 is 4.74 Å². The highest BCUT2D eigenvalue weighted by Gasteiger charge is 2.20. The Morgan fingerprint density at radius 3 is 2.63 bits per heavy atom. The summed E-state index contributed by atoms with van der Waals surface area (Å²) in [7, 11) is 0. The van der Waals surface area contributed by atoms with Crippen molar-refractivity contribution in [1.82, 2.24) is 9.97 Å². The number of nitrogens with zero attached hydrogens (tertiary/aromatic N) is 2. The van der Waals surface area contributed by atoms with E-state index in [0.29, 0.717) is 0 Å². The van der Waals surface area contributed by atoms with Crippen molar-refractivity contribution in [3.63, 3.8) is 0 Å². The van der Waals surface area contributed by atoms with Crippen LogP contribution in [-0.4, -0.2) is 9.97 Å². The molecule has 3 heteroatoms. The normalized spacial score (nSPS) is 14.1. The number of rotatable bonds is 0. The van der Waals surface area contributed by atoms with Crippen molar-refractivity contribution in [1.29, 1.82) is 0 Å². The molecular formula is C16H18N2O. The summed E-state index contributed by atoms with van der Waals surface area (Å²) in [5.41, 5.74) is 3.57. The Labute approximate surface area is 113 Å². The van der Waals surface area contributed by atoms with Crippen LogP contribution in [0.2, 0.25) is 0 Å². The zero-order chi connectivity index (χ0) is 13.5. The van der Waals surface area contributed by atoms with Crippen molar-refractivity contribution >= 4 is 0 Å². The molecule has 1 aliphatic rings. The van der Waals surface area contributed by atoms with Crippen LogP contribution in [0.5, 0.6) is 11.5 Å². The minimum Gasteiger partial charge on any atom is -0.455 e. The molecule has 1 aliphatic heterocycles. The van der Waals surface area contributed by atoms with Gasteiger partial charge in [0.2, 0.25) is 0 Å². The Hall–Kier alpha value is -1.90. The summed E-state index contributed by atoms with van der Waals surface area (Å²) < 4.78 is 5.97. The molecule has 0 saturated carbocycles. The highest BCUT2D eigenvalue weighted by Crippen LogP contribution is 2.34. The van der Waals surface area contributed by atoms with Crippen LogP contribution in [0.1, 0.15) is 37.6 Å². The fourth-order valence-electron chi connectivity index (χ4n) is 2.27. The molecule has 0 aromatic carbocycles. The quantitative estimate of drug-likeness (QED) is 0.719. The van der Waals surface area contributed by atoms with Crippen LogP contribution in [0.15, 0.2) is 30.7 Å². The van der Waals surface area contributed by atoms with E-state index in [0.717, 1.165) is 35.6 Å². The second kappa shape index (κ2) is 4.34. The van der Waals surface area contributed by atoms with Gasteiger partial charge in [0, 0.05) is 29.1 Å². The van der Waals surface area contributed by atoms with Crippen molar-refractivity contribution in [2.75, 3.05) is 0 Å². The lowest BCUT2D eigenvalue weighted by Crippen LogP contribution is -2.14. The molecule has 0 fully saturated rings. The van der Waals surface area contributed by atoms with E-state index in [1.165, 1.54) is 5.56 Å². The monoisotopic (exact) mass is 254 g/mol. The van der Waals surface area contributed by atoms with Crippen LogP contribution >= 0.6 is 0 Å². The van der Waals surface area contributed by atoms with E-state index in [1.54, 1.807) is 6.20 Å². The van der Waals surface area contributed by atoms with Crippen molar-refractivity contribution < 1.29 is 4.74 Å². The minimum atomic E-state index is 0.0652. The zero-order valence-corrected chi connectivity index (χ0v) is 11.6. The second-order valence-electron chi connectivity index (χ2n) is 6.01. The maximum atomic E-state index is 5.97. The lowest BCUT2D eigenvalue weighted by atomic mass is 9.90. The molecule has 3 heterocycles. The predicted molar refractivity (Wildman–Crippen MR) is 74.7 cm³/mol. The average Bonchev–Trinajstić information content (AvgIpc) is 2.55. The maximum absolute atomic E-state index is 5.97. The Kier molecular flexibility index (Phi) is 2.77. The Morgan fingerprint density at radius 1 is 1.05 bits per heavy atom. The van der Waals surface area contributed by atoms with Gasteiger partial charge >= 0.3 is 0 Å². The summed E-state index contributed by atoms with van der Waals surface area (Å²) in [5.74, 6) is 1.78. The van der Waals surface area contributed by atoms with Crippen molar-refractivity contribution in [3.8, 4) is 11.5 Å². The summed E-state index contributed by atoms with van der Waals surface area (Å²) in [6, 6.07) is 4.09. The predicted octanol–water partition coefficient (Wildman–Crippen LogP) is 3.67. The van der Waals surface area contributed by atoms with Gasteiger partial charge in [-0.05, 0) is 30.5 Å². The van der Waals surface area contributed by atoms with Gasteiger partial charge in [-0.1, -0.05) is 20.8 Å². The van der Waals surface area contributed by atoms with Crippen LogP contribution in [-0.2, 0) is 18.3 Å².